The minimum atomic E-state index is 0.00332. The van der Waals surface area contributed by atoms with Gasteiger partial charge in [0.25, 0.3) is 0 Å². The van der Waals surface area contributed by atoms with Crippen LogP contribution in [-0.2, 0) is 6.54 Å². The Morgan fingerprint density at radius 3 is 2.69 bits per heavy atom. The van der Waals surface area contributed by atoms with E-state index in [1.54, 1.807) is 4.57 Å². The van der Waals surface area contributed by atoms with E-state index < -0.39 is 0 Å². The van der Waals surface area contributed by atoms with Crippen molar-refractivity contribution in [1.82, 2.24) is 9.47 Å². The zero-order chi connectivity index (χ0) is 20.2. The monoisotopic (exact) mass is 402 g/mol. The first-order valence-electron chi connectivity index (χ1n) is 9.89. The average Bonchev–Trinajstić information content (AvgIpc) is 3.14. The first-order valence-corrected chi connectivity index (χ1v) is 10.3. The molecule has 0 fully saturated rings. The Morgan fingerprint density at radius 2 is 1.97 bits per heavy atom. The number of aromatic nitrogens is 1. The standard InChI is InChI=1S/C25H23ClN2O/c1-2-3-12-24(29)28-18-21(25-22(26)10-7-11-23(25)28)20-13-15-27(16-14-20)17-19-8-5-4-6-9-19/h1,4-11,13,18H,3,12,14-17H2. The van der Waals surface area contributed by atoms with E-state index in [9.17, 15) is 4.79 Å². The minimum Gasteiger partial charge on any atom is -0.295 e. The first kappa shape index (κ1) is 19.5. The van der Waals surface area contributed by atoms with Crippen molar-refractivity contribution in [3.05, 3.63) is 77.0 Å². The molecule has 0 unspecified atom stereocenters. The normalized spacial score (nSPS) is 14.6. The van der Waals surface area contributed by atoms with Gasteiger partial charge in [-0.3, -0.25) is 14.3 Å². The smallest absolute Gasteiger partial charge is 0.232 e. The Balaban J connectivity index is 1.62. The van der Waals surface area contributed by atoms with Crippen LogP contribution in [0.25, 0.3) is 16.5 Å². The van der Waals surface area contributed by atoms with E-state index in [0.717, 1.165) is 42.5 Å². The van der Waals surface area contributed by atoms with Gasteiger partial charge in [0.2, 0.25) is 5.91 Å². The third-order valence-electron chi connectivity index (χ3n) is 5.42. The zero-order valence-electron chi connectivity index (χ0n) is 16.3. The molecule has 1 aliphatic heterocycles. The largest absolute Gasteiger partial charge is 0.295 e. The van der Waals surface area contributed by atoms with Crippen LogP contribution >= 0.6 is 11.6 Å². The van der Waals surface area contributed by atoms with Crippen LogP contribution in [0.2, 0.25) is 5.02 Å². The predicted octanol–water partition coefficient (Wildman–Crippen LogP) is 5.64. The van der Waals surface area contributed by atoms with E-state index >= 15 is 0 Å². The molecule has 0 saturated carbocycles. The van der Waals surface area contributed by atoms with Gasteiger partial charge in [0.1, 0.15) is 0 Å². The average molecular weight is 403 g/mol. The Hall–Kier alpha value is -2.80. The molecule has 29 heavy (non-hydrogen) atoms. The topological polar surface area (TPSA) is 25.2 Å². The summed E-state index contributed by atoms with van der Waals surface area (Å²) in [6.07, 6.45) is 11.2. The van der Waals surface area contributed by atoms with E-state index in [4.69, 9.17) is 18.0 Å². The van der Waals surface area contributed by atoms with Crippen LogP contribution in [0.3, 0.4) is 0 Å². The third-order valence-corrected chi connectivity index (χ3v) is 5.73. The number of hydrogen-bond acceptors (Lipinski definition) is 2. The molecule has 0 bridgehead atoms. The van der Waals surface area contributed by atoms with Gasteiger partial charge in [-0.25, -0.2) is 0 Å². The van der Waals surface area contributed by atoms with Gasteiger partial charge in [0.15, 0.2) is 0 Å². The molecule has 1 aliphatic rings. The van der Waals surface area contributed by atoms with Gasteiger partial charge in [-0.1, -0.05) is 54.1 Å². The predicted molar refractivity (Wildman–Crippen MR) is 120 cm³/mol. The lowest BCUT2D eigenvalue weighted by atomic mass is 9.98. The molecule has 146 valence electrons. The number of benzene rings is 2. The molecule has 2 aromatic carbocycles. The molecular weight excluding hydrogens is 380 g/mol. The fraction of sp³-hybridized carbons (Fsp3) is 0.240. The highest BCUT2D eigenvalue weighted by Gasteiger charge is 2.20. The van der Waals surface area contributed by atoms with Crippen LogP contribution in [-0.4, -0.2) is 28.5 Å². The number of carbonyl (C=O) groups is 1. The lowest BCUT2D eigenvalue weighted by Crippen LogP contribution is -2.27. The summed E-state index contributed by atoms with van der Waals surface area (Å²) < 4.78 is 1.71. The molecule has 0 N–H and O–H groups in total. The van der Waals surface area contributed by atoms with E-state index in [-0.39, 0.29) is 5.91 Å². The summed E-state index contributed by atoms with van der Waals surface area (Å²) >= 11 is 6.55. The highest BCUT2D eigenvalue weighted by molar-refractivity contribution is 6.36. The van der Waals surface area contributed by atoms with Gasteiger partial charge < -0.3 is 0 Å². The van der Waals surface area contributed by atoms with E-state index in [1.807, 2.05) is 30.5 Å². The van der Waals surface area contributed by atoms with Crippen molar-refractivity contribution in [1.29, 1.82) is 0 Å². The number of carbonyl (C=O) groups excluding carboxylic acids is 1. The maximum atomic E-state index is 12.7. The zero-order valence-corrected chi connectivity index (χ0v) is 17.0. The number of nitrogens with zero attached hydrogens (tertiary/aromatic N) is 2. The summed E-state index contributed by atoms with van der Waals surface area (Å²) in [5.41, 5.74) is 4.47. The molecule has 3 nitrogen and oxygen atoms in total. The van der Waals surface area contributed by atoms with Crippen molar-refractivity contribution >= 4 is 34.0 Å². The number of rotatable bonds is 5. The van der Waals surface area contributed by atoms with Crippen LogP contribution in [0.15, 0.2) is 60.8 Å². The van der Waals surface area contributed by atoms with Crippen LogP contribution in [0.5, 0.6) is 0 Å². The molecule has 2 heterocycles. The van der Waals surface area contributed by atoms with Crippen LogP contribution in [0.1, 0.15) is 35.2 Å². The summed E-state index contributed by atoms with van der Waals surface area (Å²) in [6, 6.07) is 16.2. The highest BCUT2D eigenvalue weighted by Crippen LogP contribution is 2.35. The third kappa shape index (κ3) is 4.15. The summed E-state index contributed by atoms with van der Waals surface area (Å²) in [7, 11) is 0. The van der Waals surface area contributed by atoms with Crippen molar-refractivity contribution in [2.45, 2.75) is 25.8 Å². The molecule has 0 spiro atoms. The van der Waals surface area contributed by atoms with Crippen molar-refractivity contribution < 1.29 is 4.79 Å². The van der Waals surface area contributed by atoms with Crippen LogP contribution in [0, 0.1) is 12.3 Å². The Labute approximate surface area is 176 Å². The van der Waals surface area contributed by atoms with E-state index in [0.29, 0.717) is 17.9 Å². The van der Waals surface area contributed by atoms with Crippen LogP contribution < -0.4 is 0 Å². The SMILES string of the molecule is C#CCCC(=O)n1cc(C2=CCN(Cc3ccccc3)CC2)c2c(Cl)cccc21. The number of halogens is 1. The molecule has 1 aromatic heterocycles. The first-order chi connectivity index (χ1) is 14.2. The van der Waals surface area contributed by atoms with E-state index in [2.05, 4.69) is 41.2 Å². The Kier molecular flexibility index (Phi) is 5.85. The molecular formula is C25H23ClN2O. The number of hydrogen-bond donors (Lipinski definition) is 0. The molecule has 0 amide bonds. The molecule has 0 saturated heterocycles. The van der Waals surface area contributed by atoms with E-state index in [1.165, 1.54) is 11.1 Å². The highest BCUT2D eigenvalue weighted by atomic mass is 35.5. The molecule has 4 heteroatoms. The van der Waals surface area contributed by atoms with Crippen molar-refractivity contribution in [2.75, 3.05) is 13.1 Å². The van der Waals surface area contributed by atoms with Gasteiger partial charge >= 0.3 is 0 Å². The van der Waals surface area contributed by atoms with Crippen LogP contribution in [0.4, 0.5) is 0 Å². The maximum Gasteiger partial charge on any atom is 0.232 e. The Morgan fingerprint density at radius 1 is 1.14 bits per heavy atom. The second kappa shape index (κ2) is 8.69. The van der Waals surface area contributed by atoms with Gasteiger partial charge in [-0.2, -0.15) is 0 Å². The molecule has 0 radical (unpaired) electrons. The van der Waals surface area contributed by atoms with Gasteiger partial charge in [-0.05, 0) is 29.7 Å². The number of fused-ring (bicyclic) bond motifs is 1. The molecule has 0 atom stereocenters. The quantitative estimate of drug-likeness (QED) is 0.516. The molecule has 3 aromatic rings. The lowest BCUT2D eigenvalue weighted by molar-refractivity contribution is 0.0910. The second-order valence-corrected chi connectivity index (χ2v) is 7.75. The summed E-state index contributed by atoms with van der Waals surface area (Å²) in [5, 5.41) is 1.62. The van der Waals surface area contributed by atoms with Gasteiger partial charge in [0.05, 0.1) is 10.5 Å². The second-order valence-electron chi connectivity index (χ2n) is 7.34. The van der Waals surface area contributed by atoms with Crippen molar-refractivity contribution in [3.8, 4) is 12.3 Å². The molecule has 4 rings (SSSR count). The molecule has 0 aliphatic carbocycles. The fourth-order valence-electron chi connectivity index (χ4n) is 3.93. The number of terminal acetylenes is 1. The van der Waals surface area contributed by atoms with Crippen molar-refractivity contribution in [3.63, 3.8) is 0 Å². The minimum absolute atomic E-state index is 0.00332. The summed E-state index contributed by atoms with van der Waals surface area (Å²) in [6.45, 7) is 2.80. The summed E-state index contributed by atoms with van der Waals surface area (Å²) in [4.78, 5) is 15.1. The maximum absolute atomic E-state index is 12.7. The fourth-order valence-corrected chi connectivity index (χ4v) is 4.21. The Bertz CT molecular complexity index is 1110. The lowest BCUT2D eigenvalue weighted by Gasteiger charge is -2.26. The van der Waals surface area contributed by atoms with Crippen molar-refractivity contribution in [2.24, 2.45) is 0 Å². The van der Waals surface area contributed by atoms with Gasteiger partial charge in [-0.15, -0.1) is 12.3 Å². The summed E-state index contributed by atoms with van der Waals surface area (Å²) in [5.74, 6) is 2.55. The van der Waals surface area contributed by atoms with Gasteiger partial charge in [0, 0.05) is 49.6 Å².